The number of hydrogen-bond acceptors (Lipinski definition) is 10. The number of aliphatic hydroxyl groups excluding tert-OH is 3. The Morgan fingerprint density at radius 3 is 2.48 bits per heavy atom. The third kappa shape index (κ3) is 5.47. The predicted molar refractivity (Wildman–Crippen MR) is 154 cm³/mol. The first kappa shape index (κ1) is 27.8. The second kappa shape index (κ2) is 11.4. The fraction of sp³-hybridized carbons (Fsp3) is 0.433. The second-order valence-electron chi connectivity index (χ2n) is 10.6. The number of rotatable bonds is 9. The van der Waals surface area contributed by atoms with E-state index in [4.69, 9.17) is 19.1 Å². The minimum Gasteiger partial charge on any atom is -0.475 e. The molecule has 0 saturated heterocycles. The lowest BCUT2D eigenvalue weighted by Gasteiger charge is -2.22. The van der Waals surface area contributed by atoms with Crippen LogP contribution in [-0.2, 0) is 0 Å². The molecule has 1 aliphatic rings. The maximum absolute atomic E-state index is 10.7. The Labute approximate surface area is 233 Å². The molecule has 5 rings (SSSR count). The molecule has 5 atom stereocenters. The van der Waals surface area contributed by atoms with Gasteiger partial charge in [0.1, 0.15) is 17.7 Å². The molecule has 4 aromatic rings. The number of ether oxygens (including phenoxy) is 1. The first-order valence-corrected chi connectivity index (χ1v) is 13.7. The highest BCUT2D eigenvalue weighted by molar-refractivity contribution is 5.89. The fourth-order valence-corrected chi connectivity index (χ4v) is 5.30. The van der Waals surface area contributed by atoms with Crippen LogP contribution >= 0.6 is 0 Å². The van der Waals surface area contributed by atoms with E-state index in [2.05, 4.69) is 39.9 Å². The summed E-state index contributed by atoms with van der Waals surface area (Å²) < 4.78 is 12.0. The summed E-state index contributed by atoms with van der Waals surface area (Å²) in [5.41, 5.74) is 4.89. The molecule has 0 amide bonds. The zero-order valence-corrected chi connectivity index (χ0v) is 23.5. The summed E-state index contributed by atoms with van der Waals surface area (Å²) in [6, 6.07) is 11.5. The van der Waals surface area contributed by atoms with Crippen molar-refractivity contribution in [2.24, 2.45) is 5.92 Å². The molecule has 212 valence electrons. The van der Waals surface area contributed by atoms with Gasteiger partial charge in [-0.2, -0.15) is 4.98 Å². The molecule has 0 bridgehead atoms. The van der Waals surface area contributed by atoms with Crippen LogP contribution in [0.25, 0.3) is 22.3 Å². The van der Waals surface area contributed by atoms with Crippen LogP contribution in [0, 0.1) is 26.7 Å². The number of hydrogen-bond donors (Lipinski definition) is 5. The van der Waals surface area contributed by atoms with Crippen LogP contribution in [0.5, 0.6) is 5.88 Å². The zero-order valence-electron chi connectivity index (χ0n) is 23.5. The van der Waals surface area contributed by atoms with E-state index in [0.717, 1.165) is 16.6 Å². The maximum atomic E-state index is 10.7. The molecule has 0 aliphatic heterocycles. The third-order valence-corrected chi connectivity index (χ3v) is 7.50. The van der Waals surface area contributed by atoms with E-state index in [-0.39, 0.29) is 12.6 Å². The number of benzene rings is 1. The number of furan rings is 1. The van der Waals surface area contributed by atoms with E-state index in [9.17, 15) is 15.3 Å². The average Bonchev–Trinajstić information content (AvgIpc) is 3.45. The van der Waals surface area contributed by atoms with Gasteiger partial charge in [0, 0.05) is 23.6 Å². The van der Waals surface area contributed by atoms with Gasteiger partial charge in [-0.25, -0.2) is 9.97 Å². The van der Waals surface area contributed by atoms with Crippen LogP contribution in [-0.4, -0.2) is 61.7 Å². The molecule has 1 fully saturated rings. The summed E-state index contributed by atoms with van der Waals surface area (Å²) in [4.78, 5) is 14.1. The molecule has 10 heteroatoms. The van der Waals surface area contributed by atoms with E-state index in [1.54, 1.807) is 0 Å². The largest absolute Gasteiger partial charge is 0.475 e. The van der Waals surface area contributed by atoms with Gasteiger partial charge in [0.15, 0.2) is 5.58 Å². The van der Waals surface area contributed by atoms with Gasteiger partial charge in [0.25, 0.3) is 5.88 Å². The van der Waals surface area contributed by atoms with Gasteiger partial charge in [-0.15, -0.1) is 0 Å². The summed E-state index contributed by atoms with van der Waals surface area (Å²) in [7, 11) is 0. The Morgan fingerprint density at radius 1 is 1.05 bits per heavy atom. The third-order valence-electron chi connectivity index (χ3n) is 7.50. The molecule has 0 unspecified atom stereocenters. The first-order valence-electron chi connectivity index (χ1n) is 13.7. The van der Waals surface area contributed by atoms with Gasteiger partial charge in [0.2, 0.25) is 5.95 Å². The maximum Gasteiger partial charge on any atom is 0.258 e. The van der Waals surface area contributed by atoms with Crippen LogP contribution in [0.2, 0.25) is 0 Å². The number of aliphatic hydroxyl groups is 3. The molecule has 10 nitrogen and oxygen atoms in total. The van der Waals surface area contributed by atoms with Gasteiger partial charge in [0.05, 0.1) is 36.1 Å². The molecule has 1 saturated carbocycles. The lowest BCUT2D eigenvalue weighted by atomic mass is 10.1. The van der Waals surface area contributed by atoms with Crippen LogP contribution in [0.4, 0.5) is 11.8 Å². The lowest BCUT2D eigenvalue weighted by molar-refractivity contribution is 0.00446. The van der Waals surface area contributed by atoms with Crippen molar-refractivity contribution in [3.05, 3.63) is 58.9 Å². The average molecular weight is 548 g/mol. The van der Waals surface area contributed by atoms with Crippen molar-refractivity contribution in [2.45, 2.75) is 65.3 Å². The van der Waals surface area contributed by atoms with Gasteiger partial charge in [-0.3, -0.25) is 0 Å². The van der Waals surface area contributed by atoms with Crippen LogP contribution in [0.3, 0.4) is 0 Å². The first-order chi connectivity index (χ1) is 19.2. The van der Waals surface area contributed by atoms with Gasteiger partial charge in [-0.1, -0.05) is 29.8 Å². The van der Waals surface area contributed by atoms with Crippen LogP contribution in [0.15, 0.2) is 40.8 Å². The molecule has 1 aliphatic carbocycles. The van der Waals surface area contributed by atoms with Gasteiger partial charge < -0.3 is 35.1 Å². The van der Waals surface area contributed by atoms with Crippen molar-refractivity contribution in [3.8, 4) is 17.2 Å². The molecule has 3 heterocycles. The van der Waals surface area contributed by atoms with Gasteiger partial charge in [-0.05, 0) is 58.7 Å². The number of aryl methyl sites for hydroxylation is 3. The number of aromatic nitrogens is 3. The Kier molecular flexibility index (Phi) is 7.93. The van der Waals surface area contributed by atoms with Crippen LogP contribution < -0.4 is 15.4 Å². The molecular weight excluding hydrogens is 510 g/mol. The Morgan fingerprint density at radius 2 is 1.80 bits per heavy atom. The molecule has 5 N–H and O–H groups in total. The number of nitrogens with zero attached hydrogens (tertiary/aromatic N) is 3. The van der Waals surface area contributed by atoms with E-state index in [1.807, 2.05) is 46.8 Å². The molecule has 40 heavy (non-hydrogen) atoms. The van der Waals surface area contributed by atoms with E-state index in [1.165, 1.54) is 5.56 Å². The molecule has 0 spiro atoms. The fourth-order valence-electron chi connectivity index (χ4n) is 5.30. The van der Waals surface area contributed by atoms with E-state index in [0.29, 0.717) is 53.3 Å². The Bertz CT molecular complexity index is 1490. The summed E-state index contributed by atoms with van der Waals surface area (Å²) in [5, 5.41) is 38.4. The normalized spacial score (nSPS) is 21.5. The molecule has 0 radical (unpaired) electrons. The number of fused-ring (bicyclic) bond motifs is 1. The highest BCUT2D eigenvalue weighted by atomic mass is 16.5. The topological polar surface area (TPSA) is 146 Å². The predicted octanol–water partition coefficient (Wildman–Crippen LogP) is 4.30. The zero-order chi connectivity index (χ0) is 28.6. The van der Waals surface area contributed by atoms with E-state index < -0.39 is 24.2 Å². The number of anilines is 2. The van der Waals surface area contributed by atoms with Crippen LogP contribution in [0.1, 0.15) is 48.8 Å². The second-order valence-corrected chi connectivity index (χ2v) is 10.6. The SMILES string of the molecule is CCOc1nc(C)cc2cc(-c3c(C)nc(N[C@H](C)c4ccc(C)cc4)nc3N[C@@H]3C[C@H](CO)[C@@H](O)[C@H]3O)oc12. The van der Waals surface area contributed by atoms with Crippen molar-refractivity contribution >= 4 is 22.7 Å². The monoisotopic (exact) mass is 547 g/mol. The number of pyridine rings is 1. The van der Waals surface area contributed by atoms with Gasteiger partial charge >= 0.3 is 0 Å². The molecule has 1 aromatic carbocycles. The molecule has 3 aromatic heterocycles. The minimum absolute atomic E-state index is 0.0645. The van der Waals surface area contributed by atoms with Crippen molar-refractivity contribution in [2.75, 3.05) is 23.8 Å². The lowest BCUT2D eigenvalue weighted by Crippen LogP contribution is -2.35. The summed E-state index contributed by atoms with van der Waals surface area (Å²) >= 11 is 0. The quantitative estimate of drug-likeness (QED) is 0.206. The van der Waals surface area contributed by atoms with Crippen molar-refractivity contribution < 1.29 is 24.5 Å². The van der Waals surface area contributed by atoms with Crippen molar-refractivity contribution in [1.29, 1.82) is 0 Å². The summed E-state index contributed by atoms with van der Waals surface area (Å²) in [5.74, 6) is 1.36. The smallest absolute Gasteiger partial charge is 0.258 e. The Balaban J connectivity index is 1.57. The van der Waals surface area contributed by atoms with Crippen molar-refractivity contribution in [1.82, 2.24) is 15.0 Å². The highest BCUT2D eigenvalue weighted by Gasteiger charge is 2.41. The summed E-state index contributed by atoms with van der Waals surface area (Å²) in [6.45, 7) is 9.98. The highest BCUT2D eigenvalue weighted by Crippen LogP contribution is 2.39. The summed E-state index contributed by atoms with van der Waals surface area (Å²) in [6.07, 6.45) is -1.74. The van der Waals surface area contributed by atoms with Crippen molar-refractivity contribution in [3.63, 3.8) is 0 Å². The standard InChI is InChI=1S/C30H37N5O5/c1-6-39-29-27-20(11-16(3)31-29)13-23(40-27)24-18(5)33-30(32-17(4)19-9-7-15(2)8-10-19)35-28(24)34-22-12-21(14-36)25(37)26(22)38/h7-11,13,17,21-22,25-26,36-38H,6,12,14H2,1-5H3,(H2,32,33,34,35)/t17-,21-,22-,25-,26+/m1/s1. The Hall–Kier alpha value is -3.73. The molecular formula is C30H37N5O5. The van der Waals surface area contributed by atoms with E-state index >= 15 is 0 Å². The number of nitrogens with one attached hydrogen (secondary N) is 2. The minimum atomic E-state index is -1.07.